The quantitative estimate of drug-likeness (QED) is 0.613. The maximum atomic E-state index is 10.8. The number of carbonyl (C=O) groups excluding carboxylic acids is 1. The van der Waals surface area contributed by atoms with Gasteiger partial charge in [-0.1, -0.05) is 6.07 Å². The van der Waals surface area contributed by atoms with Crippen LogP contribution < -0.4 is 16.8 Å². The highest BCUT2D eigenvalue weighted by Gasteiger charge is 1.97. The Hall–Kier alpha value is -1.26. The summed E-state index contributed by atoms with van der Waals surface area (Å²) in [5.74, 6) is -0.222. The molecule has 0 aliphatic heterocycles. The molecule has 0 aliphatic rings. The summed E-state index contributed by atoms with van der Waals surface area (Å²) in [5.41, 5.74) is 11.9. The fourth-order valence-corrected chi connectivity index (χ4v) is 0.828. The van der Waals surface area contributed by atoms with Crippen LogP contribution in [0, 0.1) is 0 Å². The third-order valence-electron chi connectivity index (χ3n) is 1.36. The van der Waals surface area contributed by atoms with E-state index in [1.54, 1.807) is 24.3 Å². The van der Waals surface area contributed by atoms with Gasteiger partial charge in [0.25, 0.3) is 0 Å². The van der Waals surface area contributed by atoms with Crippen LogP contribution in [0.25, 0.3) is 0 Å². The molecule has 0 bridgehead atoms. The molecular formula is C8H12ClN3O. The van der Waals surface area contributed by atoms with Crippen molar-refractivity contribution in [1.29, 1.82) is 0 Å². The maximum absolute atomic E-state index is 10.8. The van der Waals surface area contributed by atoms with Gasteiger partial charge in [-0.25, -0.2) is 0 Å². The second-order valence-electron chi connectivity index (χ2n) is 2.38. The zero-order valence-corrected chi connectivity index (χ0v) is 7.80. The summed E-state index contributed by atoms with van der Waals surface area (Å²) in [5, 5.41) is 2.59. The number of amides is 1. The Kier molecular flexibility index (Phi) is 4.87. The van der Waals surface area contributed by atoms with Gasteiger partial charge in [0.1, 0.15) is 0 Å². The first kappa shape index (κ1) is 11.7. The Morgan fingerprint density at radius 1 is 1.46 bits per heavy atom. The summed E-state index contributed by atoms with van der Waals surface area (Å²) in [6, 6.07) is 6.94. The third-order valence-corrected chi connectivity index (χ3v) is 1.36. The van der Waals surface area contributed by atoms with E-state index in [1.807, 2.05) is 0 Å². The van der Waals surface area contributed by atoms with Gasteiger partial charge >= 0.3 is 0 Å². The van der Waals surface area contributed by atoms with Gasteiger partial charge in [-0.2, -0.15) is 0 Å². The van der Waals surface area contributed by atoms with Crippen LogP contribution in [-0.4, -0.2) is 12.5 Å². The molecule has 72 valence electrons. The van der Waals surface area contributed by atoms with Crippen molar-refractivity contribution in [2.45, 2.75) is 0 Å². The van der Waals surface area contributed by atoms with Crippen molar-refractivity contribution in [2.24, 2.45) is 5.73 Å². The molecule has 0 atom stereocenters. The SMILES string of the molecule is Cl.NCC(=O)Nc1cccc(N)c1. The van der Waals surface area contributed by atoms with Crippen molar-refractivity contribution in [3.8, 4) is 0 Å². The highest BCUT2D eigenvalue weighted by molar-refractivity contribution is 5.92. The molecule has 0 unspecified atom stereocenters. The first-order chi connectivity index (χ1) is 5.72. The van der Waals surface area contributed by atoms with Gasteiger partial charge in [-0.15, -0.1) is 12.4 Å². The monoisotopic (exact) mass is 201 g/mol. The van der Waals surface area contributed by atoms with Gasteiger partial charge in [0.2, 0.25) is 5.91 Å². The van der Waals surface area contributed by atoms with E-state index >= 15 is 0 Å². The topological polar surface area (TPSA) is 81.1 Å². The van der Waals surface area contributed by atoms with Crippen molar-refractivity contribution in [2.75, 3.05) is 17.6 Å². The second kappa shape index (κ2) is 5.40. The summed E-state index contributed by atoms with van der Waals surface area (Å²) >= 11 is 0. The third kappa shape index (κ3) is 3.78. The highest BCUT2D eigenvalue weighted by atomic mass is 35.5. The van der Waals surface area contributed by atoms with Crippen molar-refractivity contribution in [1.82, 2.24) is 0 Å². The standard InChI is InChI=1S/C8H11N3O.ClH/c9-5-8(12)11-7-3-1-2-6(10)4-7;/h1-4H,5,9-10H2,(H,11,12);1H. The lowest BCUT2D eigenvalue weighted by Gasteiger charge is -2.02. The lowest BCUT2D eigenvalue weighted by Crippen LogP contribution is -2.21. The molecule has 0 saturated carbocycles. The number of benzene rings is 1. The number of rotatable bonds is 2. The number of nitrogen functional groups attached to an aromatic ring is 1. The van der Waals surface area contributed by atoms with Crippen LogP contribution in [0.4, 0.5) is 11.4 Å². The average Bonchev–Trinajstić information content (AvgIpc) is 2.04. The fourth-order valence-electron chi connectivity index (χ4n) is 0.828. The zero-order valence-electron chi connectivity index (χ0n) is 6.99. The molecule has 4 nitrogen and oxygen atoms in total. The fraction of sp³-hybridized carbons (Fsp3) is 0.125. The van der Waals surface area contributed by atoms with Crippen LogP contribution in [0.5, 0.6) is 0 Å². The number of carbonyl (C=O) groups is 1. The van der Waals surface area contributed by atoms with Crippen molar-refractivity contribution in [3.05, 3.63) is 24.3 Å². The smallest absolute Gasteiger partial charge is 0.238 e. The molecule has 0 aromatic heterocycles. The van der Waals surface area contributed by atoms with E-state index in [0.717, 1.165) is 0 Å². The molecule has 0 heterocycles. The van der Waals surface area contributed by atoms with Crippen LogP contribution in [0.1, 0.15) is 0 Å². The first-order valence-electron chi connectivity index (χ1n) is 3.58. The van der Waals surface area contributed by atoms with Gasteiger partial charge in [0.05, 0.1) is 6.54 Å². The van der Waals surface area contributed by atoms with E-state index in [9.17, 15) is 4.79 Å². The minimum absolute atomic E-state index is 0. The van der Waals surface area contributed by atoms with E-state index in [2.05, 4.69) is 5.32 Å². The number of hydrogen-bond donors (Lipinski definition) is 3. The molecule has 1 amide bonds. The average molecular weight is 202 g/mol. The van der Waals surface area contributed by atoms with Crippen molar-refractivity contribution in [3.63, 3.8) is 0 Å². The molecule has 13 heavy (non-hydrogen) atoms. The molecule has 5 N–H and O–H groups in total. The predicted octanol–water partition coefficient (Wildman–Crippen LogP) is 0.588. The predicted molar refractivity (Wildman–Crippen MR) is 55.8 cm³/mol. The number of anilines is 2. The Labute approximate surface area is 82.7 Å². The first-order valence-corrected chi connectivity index (χ1v) is 3.58. The Morgan fingerprint density at radius 2 is 2.15 bits per heavy atom. The van der Waals surface area contributed by atoms with Crippen LogP contribution in [0.15, 0.2) is 24.3 Å². The summed E-state index contributed by atoms with van der Waals surface area (Å²) in [6.07, 6.45) is 0. The van der Waals surface area contributed by atoms with Gasteiger partial charge in [0.15, 0.2) is 0 Å². The van der Waals surface area contributed by atoms with Gasteiger partial charge < -0.3 is 16.8 Å². The number of nitrogens with one attached hydrogen (secondary N) is 1. The van der Waals surface area contributed by atoms with Gasteiger partial charge in [-0.3, -0.25) is 4.79 Å². The molecule has 1 aromatic rings. The zero-order chi connectivity index (χ0) is 8.97. The molecule has 1 aromatic carbocycles. The van der Waals surface area contributed by atoms with Crippen LogP contribution in [0.3, 0.4) is 0 Å². The largest absolute Gasteiger partial charge is 0.399 e. The van der Waals surface area contributed by atoms with E-state index in [4.69, 9.17) is 11.5 Å². The molecule has 0 saturated heterocycles. The maximum Gasteiger partial charge on any atom is 0.238 e. The molecule has 5 heteroatoms. The minimum Gasteiger partial charge on any atom is -0.399 e. The van der Waals surface area contributed by atoms with Crippen LogP contribution >= 0.6 is 12.4 Å². The van der Waals surface area contributed by atoms with Crippen molar-refractivity contribution < 1.29 is 4.79 Å². The van der Waals surface area contributed by atoms with Gasteiger partial charge in [0, 0.05) is 11.4 Å². The number of hydrogen-bond acceptors (Lipinski definition) is 3. The molecule has 0 radical (unpaired) electrons. The normalized spacial score (nSPS) is 8.69. The molecule has 1 rings (SSSR count). The van der Waals surface area contributed by atoms with Crippen molar-refractivity contribution >= 4 is 29.7 Å². The van der Waals surface area contributed by atoms with E-state index in [0.29, 0.717) is 11.4 Å². The highest BCUT2D eigenvalue weighted by Crippen LogP contribution is 2.10. The van der Waals surface area contributed by atoms with Gasteiger partial charge in [-0.05, 0) is 18.2 Å². The Morgan fingerprint density at radius 3 is 2.69 bits per heavy atom. The Bertz CT molecular complexity index is 290. The molecular weight excluding hydrogens is 190 g/mol. The van der Waals surface area contributed by atoms with E-state index in [1.165, 1.54) is 0 Å². The number of halogens is 1. The molecule has 0 aliphatic carbocycles. The summed E-state index contributed by atoms with van der Waals surface area (Å²) < 4.78 is 0. The summed E-state index contributed by atoms with van der Waals surface area (Å²) in [4.78, 5) is 10.8. The van der Waals surface area contributed by atoms with E-state index < -0.39 is 0 Å². The summed E-state index contributed by atoms with van der Waals surface area (Å²) in [7, 11) is 0. The minimum atomic E-state index is -0.222. The number of nitrogens with two attached hydrogens (primary N) is 2. The molecule has 0 fully saturated rings. The Balaban J connectivity index is 0.00000144. The lowest BCUT2D eigenvalue weighted by molar-refractivity contribution is -0.114. The van der Waals surface area contributed by atoms with Crippen LogP contribution in [0.2, 0.25) is 0 Å². The van der Waals surface area contributed by atoms with E-state index in [-0.39, 0.29) is 24.9 Å². The summed E-state index contributed by atoms with van der Waals surface area (Å²) in [6.45, 7) is -0.0190. The van der Waals surface area contributed by atoms with Crippen LogP contribution in [-0.2, 0) is 4.79 Å². The lowest BCUT2D eigenvalue weighted by atomic mass is 10.3. The molecule has 0 spiro atoms. The second-order valence-corrected chi connectivity index (χ2v) is 2.38.